The van der Waals surface area contributed by atoms with Crippen LogP contribution in [0.1, 0.15) is 27.2 Å². The molecule has 1 amide bonds. The number of hydrogen-bond acceptors (Lipinski definition) is 3. The van der Waals surface area contributed by atoms with Gasteiger partial charge in [-0.15, -0.1) is 0 Å². The molecular formula is C27H32NO4P. The molecule has 0 aromatic heterocycles. The summed E-state index contributed by atoms with van der Waals surface area (Å²) in [5.74, 6) is -1.07. The van der Waals surface area contributed by atoms with Crippen molar-refractivity contribution in [2.75, 3.05) is 6.16 Å². The third-order valence-electron chi connectivity index (χ3n) is 5.60. The van der Waals surface area contributed by atoms with Crippen LogP contribution in [0.15, 0.2) is 91.0 Å². The molecule has 3 aromatic carbocycles. The molecule has 0 bridgehead atoms. The molecule has 5 nitrogen and oxygen atoms in total. The molecule has 0 aliphatic carbocycles. The molecule has 174 valence electrons. The molecule has 0 fully saturated rings. The Kier molecular flexibility index (Phi) is 7.88. The van der Waals surface area contributed by atoms with Crippen molar-refractivity contribution < 1.29 is 19.4 Å². The Morgan fingerprint density at radius 3 is 1.55 bits per heavy atom. The van der Waals surface area contributed by atoms with E-state index in [1.807, 2.05) is 54.6 Å². The summed E-state index contributed by atoms with van der Waals surface area (Å²) in [4.78, 5) is 24.4. The van der Waals surface area contributed by atoms with E-state index in [9.17, 15) is 14.7 Å². The summed E-state index contributed by atoms with van der Waals surface area (Å²) in [6.07, 6.45) is 0.165. The molecule has 0 heterocycles. The van der Waals surface area contributed by atoms with E-state index >= 15 is 0 Å². The van der Waals surface area contributed by atoms with Crippen LogP contribution in [-0.4, -0.2) is 35.0 Å². The van der Waals surface area contributed by atoms with Crippen molar-refractivity contribution in [2.45, 2.75) is 38.8 Å². The van der Waals surface area contributed by atoms with Crippen molar-refractivity contribution in [3.63, 3.8) is 0 Å². The number of ether oxygens (including phenoxy) is 1. The van der Waals surface area contributed by atoms with Gasteiger partial charge in [0.25, 0.3) is 0 Å². The van der Waals surface area contributed by atoms with Crippen molar-refractivity contribution in [3.05, 3.63) is 91.0 Å². The van der Waals surface area contributed by atoms with E-state index in [1.165, 1.54) is 15.9 Å². The average molecular weight is 466 g/mol. The summed E-state index contributed by atoms with van der Waals surface area (Å²) < 4.78 is 5.30. The van der Waals surface area contributed by atoms with Gasteiger partial charge in [-0.1, -0.05) is 0 Å². The van der Waals surface area contributed by atoms with Gasteiger partial charge >= 0.3 is 196 Å². The van der Waals surface area contributed by atoms with Gasteiger partial charge in [0.2, 0.25) is 0 Å². The van der Waals surface area contributed by atoms with Gasteiger partial charge in [-0.05, 0) is 0 Å². The normalized spacial score (nSPS) is 13.1. The van der Waals surface area contributed by atoms with Crippen molar-refractivity contribution in [2.24, 2.45) is 0 Å². The van der Waals surface area contributed by atoms with Crippen molar-refractivity contribution in [3.8, 4) is 0 Å². The second-order valence-corrected chi connectivity index (χ2v) is 13.1. The van der Waals surface area contributed by atoms with Crippen LogP contribution in [0.25, 0.3) is 0 Å². The van der Waals surface area contributed by atoms with E-state index in [0.717, 1.165) is 0 Å². The number of alkyl carbamates (subject to hydrolysis) is 1. The maximum atomic E-state index is 12.3. The molecule has 0 saturated carbocycles. The average Bonchev–Trinajstić information content (AvgIpc) is 2.79. The second-order valence-electron chi connectivity index (χ2n) is 9.08. The molecule has 3 aromatic rings. The summed E-state index contributed by atoms with van der Waals surface area (Å²) in [7, 11) is -2.59. The Balaban J connectivity index is 2.03. The SMILES string of the molecule is CC(C)(C)OC(=O)N[C@@H](CC[PH](c1ccccc1)(c1ccccc1)c1ccccc1)C(=O)O. The van der Waals surface area contributed by atoms with E-state index in [1.54, 1.807) is 20.8 Å². The zero-order chi connectivity index (χ0) is 23.9. The molecular weight excluding hydrogens is 433 g/mol. The van der Waals surface area contributed by atoms with Crippen LogP contribution in [0.3, 0.4) is 0 Å². The first-order valence-electron chi connectivity index (χ1n) is 11.1. The Bertz CT molecular complexity index is 953. The van der Waals surface area contributed by atoms with Crippen LogP contribution >= 0.6 is 7.26 Å². The van der Waals surface area contributed by atoms with Crippen LogP contribution in [0.5, 0.6) is 0 Å². The van der Waals surface area contributed by atoms with Gasteiger partial charge in [0.1, 0.15) is 0 Å². The molecule has 0 radical (unpaired) electrons. The number of carbonyl (C=O) groups is 2. The summed E-state index contributed by atoms with van der Waals surface area (Å²) in [6.45, 7) is 5.25. The fourth-order valence-corrected chi connectivity index (χ4v) is 9.04. The predicted octanol–water partition coefficient (Wildman–Crippen LogP) is 4.08. The number of benzene rings is 3. The van der Waals surface area contributed by atoms with Crippen LogP contribution in [0.4, 0.5) is 4.79 Å². The predicted molar refractivity (Wildman–Crippen MR) is 137 cm³/mol. The Morgan fingerprint density at radius 1 is 0.818 bits per heavy atom. The van der Waals surface area contributed by atoms with Gasteiger partial charge in [-0.3, -0.25) is 0 Å². The van der Waals surface area contributed by atoms with Gasteiger partial charge in [0, 0.05) is 0 Å². The molecule has 3 rings (SSSR count). The van der Waals surface area contributed by atoms with Gasteiger partial charge in [0.15, 0.2) is 0 Å². The molecule has 6 heteroatoms. The number of aliphatic carboxylic acids is 1. The van der Waals surface area contributed by atoms with Gasteiger partial charge in [0.05, 0.1) is 0 Å². The second kappa shape index (κ2) is 10.6. The molecule has 0 saturated heterocycles. The van der Waals surface area contributed by atoms with E-state index in [2.05, 4.69) is 41.7 Å². The zero-order valence-corrected chi connectivity index (χ0v) is 20.3. The molecule has 2 N–H and O–H groups in total. The first-order valence-corrected chi connectivity index (χ1v) is 13.3. The Morgan fingerprint density at radius 2 is 1.21 bits per heavy atom. The van der Waals surface area contributed by atoms with Crippen molar-refractivity contribution in [1.82, 2.24) is 5.32 Å². The Hall–Kier alpha value is -3.17. The van der Waals surface area contributed by atoms with Crippen molar-refractivity contribution >= 4 is 35.2 Å². The first kappa shape index (κ1) is 24.5. The molecule has 0 spiro atoms. The summed E-state index contributed by atoms with van der Waals surface area (Å²) in [6, 6.07) is 29.8. The summed E-state index contributed by atoms with van der Waals surface area (Å²) in [5, 5.41) is 16.0. The monoisotopic (exact) mass is 465 g/mol. The fourth-order valence-electron chi connectivity index (χ4n) is 4.17. The number of amides is 1. The van der Waals surface area contributed by atoms with Crippen molar-refractivity contribution in [1.29, 1.82) is 0 Å². The minimum absolute atomic E-state index is 0.277. The molecule has 33 heavy (non-hydrogen) atoms. The zero-order valence-electron chi connectivity index (χ0n) is 19.3. The number of carboxylic acids is 1. The topological polar surface area (TPSA) is 75.6 Å². The molecule has 0 unspecified atom stereocenters. The van der Waals surface area contributed by atoms with Crippen LogP contribution in [-0.2, 0) is 9.53 Å². The third-order valence-corrected chi connectivity index (χ3v) is 10.6. The third kappa shape index (κ3) is 6.21. The maximum absolute atomic E-state index is 12.3. The van der Waals surface area contributed by atoms with Crippen LogP contribution in [0.2, 0.25) is 0 Å². The fraction of sp³-hybridized carbons (Fsp3) is 0.259. The van der Waals surface area contributed by atoms with Gasteiger partial charge in [-0.25, -0.2) is 0 Å². The van der Waals surface area contributed by atoms with E-state index in [0.29, 0.717) is 6.16 Å². The number of carbonyl (C=O) groups excluding carboxylic acids is 1. The van der Waals surface area contributed by atoms with E-state index in [-0.39, 0.29) is 6.42 Å². The minimum atomic E-state index is -2.59. The molecule has 1 atom stereocenters. The molecule has 0 aliphatic heterocycles. The van der Waals surface area contributed by atoms with E-state index < -0.39 is 31.0 Å². The number of hydrogen-bond donors (Lipinski definition) is 2. The van der Waals surface area contributed by atoms with Crippen LogP contribution in [0, 0.1) is 0 Å². The number of nitrogens with one attached hydrogen (secondary N) is 1. The van der Waals surface area contributed by atoms with Gasteiger partial charge in [-0.2, -0.15) is 0 Å². The van der Waals surface area contributed by atoms with Crippen LogP contribution < -0.4 is 21.2 Å². The first-order chi connectivity index (χ1) is 15.7. The standard InChI is InChI=1S/C27H32NO4P/c1-27(2,3)32-26(31)28-24(25(29)30)19-20-33(21-13-7-4-8-14-21,22-15-9-5-10-16-22)23-17-11-6-12-18-23/h4-18,24,33H,19-20H2,1-3H3,(H,28,31)(H,29,30)/t24-/m0/s1. The Labute approximate surface area is 196 Å². The van der Waals surface area contributed by atoms with E-state index in [4.69, 9.17) is 4.74 Å². The number of rotatable bonds is 8. The summed E-state index contributed by atoms with van der Waals surface area (Å²) in [5.41, 5.74) is -0.705. The quantitative estimate of drug-likeness (QED) is 0.492. The summed E-state index contributed by atoms with van der Waals surface area (Å²) >= 11 is 0. The molecule has 0 aliphatic rings. The van der Waals surface area contributed by atoms with Gasteiger partial charge < -0.3 is 0 Å². The number of carboxylic acid groups (broad SMARTS) is 1.